The molecular weight excluding hydrogens is 258 g/mol. The molecule has 1 N–H and O–H groups in total. The van der Waals surface area contributed by atoms with Crippen LogP contribution in [0.2, 0.25) is 0 Å². The molecule has 112 valence electrons. The molecule has 0 aliphatic carbocycles. The molecule has 1 heterocycles. The van der Waals surface area contributed by atoms with Gasteiger partial charge in [-0.1, -0.05) is 25.8 Å². The molecule has 1 rings (SSSR count). The summed E-state index contributed by atoms with van der Waals surface area (Å²) in [7, 11) is 0. The maximum atomic E-state index is 11.4. The third-order valence-corrected chi connectivity index (χ3v) is 3.50. The van der Waals surface area contributed by atoms with E-state index in [1.165, 1.54) is 6.08 Å². The number of likely N-dealkylation sites (tertiary alicyclic amines) is 1. The van der Waals surface area contributed by atoms with Crippen molar-refractivity contribution >= 4 is 17.6 Å². The zero-order valence-electron chi connectivity index (χ0n) is 11.8. The average Bonchev–Trinajstić information content (AvgIpc) is 2.76. The molecule has 0 bridgehead atoms. The van der Waals surface area contributed by atoms with Gasteiger partial charge in [0.05, 0.1) is 0 Å². The van der Waals surface area contributed by atoms with Crippen molar-refractivity contribution in [2.24, 2.45) is 0 Å². The minimum Gasteiger partial charge on any atom is -0.373 e. The summed E-state index contributed by atoms with van der Waals surface area (Å²) in [5, 5.41) is 9.83. The normalized spacial score (nSPS) is 16.6. The lowest BCUT2D eigenvalue weighted by atomic mass is 10.1. The number of nitrogens with zero attached hydrogens (tertiary/aromatic N) is 1. The number of amides is 2. The summed E-state index contributed by atoms with van der Waals surface area (Å²) >= 11 is 0. The van der Waals surface area contributed by atoms with E-state index in [1.54, 1.807) is 0 Å². The van der Waals surface area contributed by atoms with Gasteiger partial charge >= 0.3 is 0 Å². The minimum atomic E-state index is -0.972. The van der Waals surface area contributed by atoms with Crippen LogP contribution in [0.4, 0.5) is 0 Å². The van der Waals surface area contributed by atoms with Gasteiger partial charge in [-0.05, 0) is 25.3 Å². The number of hydrogen-bond acceptors (Lipinski definition) is 4. The summed E-state index contributed by atoms with van der Waals surface area (Å²) in [6.07, 6.45) is 6.29. The fraction of sp³-hybridized carbons (Fsp3) is 0.667. The number of carbonyl (C=O) groups is 3. The van der Waals surface area contributed by atoms with Gasteiger partial charge < -0.3 is 5.11 Å². The molecule has 2 amide bonds. The second-order valence-corrected chi connectivity index (χ2v) is 5.11. The number of hydrogen-bond donors (Lipinski definition) is 1. The summed E-state index contributed by atoms with van der Waals surface area (Å²) < 4.78 is 0. The smallest absolute Gasteiger partial charge is 0.231 e. The van der Waals surface area contributed by atoms with Gasteiger partial charge in [-0.15, -0.1) is 0 Å². The van der Waals surface area contributed by atoms with Crippen molar-refractivity contribution in [3.63, 3.8) is 0 Å². The second kappa shape index (κ2) is 8.64. The van der Waals surface area contributed by atoms with Gasteiger partial charge in [0.1, 0.15) is 6.23 Å². The van der Waals surface area contributed by atoms with Gasteiger partial charge in [-0.2, -0.15) is 0 Å². The van der Waals surface area contributed by atoms with E-state index < -0.39 is 6.23 Å². The van der Waals surface area contributed by atoms with E-state index in [-0.39, 0.29) is 30.4 Å². The van der Waals surface area contributed by atoms with Crippen molar-refractivity contribution in [2.45, 2.75) is 64.0 Å². The Kier molecular flexibility index (Phi) is 7.15. The first kappa shape index (κ1) is 16.6. The SMILES string of the molecule is C=CC(=O)CCCCCCCC(O)N1C(=O)CCC1=O. The van der Waals surface area contributed by atoms with E-state index in [4.69, 9.17) is 0 Å². The van der Waals surface area contributed by atoms with Gasteiger partial charge in [0.2, 0.25) is 11.8 Å². The van der Waals surface area contributed by atoms with Gasteiger partial charge in [0.25, 0.3) is 0 Å². The number of aliphatic hydroxyl groups excluding tert-OH is 1. The van der Waals surface area contributed by atoms with Crippen molar-refractivity contribution in [1.29, 1.82) is 0 Å². The maximum Gasteiger partial charge on any atom is 0.231 e. The number of unbranched alkanes of at least 4 members (excludes halogenated alkanes) is 4. The molecule has 1 saturated heterocycles. The van der Waals surface area contributed by atoms with Crippen LogP contribution in [0.25, 0.3) is 0 Å². The van der Waals surface area contributed by atoms with E-state index in [9.17, 15) is 19.5 Å². The first-order valence-corrected chi connectivity index (χ1v) is 7.24. The van der Waals surface area contributed by atoms with E-state index in [0.717, 1.165) is 37.0 Å². The van der Waals surface area contributed by atoms with Crippen LogP contribution in [0.1, 0.15) is 57.8 Å². The predicted octanol–water partition coefficient (Wildman–Crippen LogP) is 1.94. The molecule has 1 atom stereocenters. The quantitative estimate of drug-likeness (QED) is 0.377. The van der Waals surface area contributed by atoms with Gasteiger partial charge in [0.15, 0.2) is 5.78 Å². The number of aliphatic hydroxyl groups is 1. The van der Waals surface area contributed by atoms with Gasteiger partial charge in [-0.25, -0.2) is 0 Å². The fourth-order valence-electron chi connectivity index (χ4n) is 2.31. The Hall–Kier alpha value is -1.49. The number of imide groups is 1. The van der Waals surface area contributed by atoms with Crippen LogP contribution in [0.3, 0.4) is 0 Å². The first-order valence-electron chi connectivity index (χ1n) is 7.24. The first-order chi connectivity index (χ1) is 9.56. The highest BCUT2D eigenvalue weighted by atomic mass is 16.3. The van der Waals surface area contributed by atoms with Crippen LogP contribution in [0.15, 0.2) is 12.7 Å². The standard InChI is InChI=1S/C15H23NO4/c1-2-12(17)8-6-4-3-5-7-9-13(18)16-14(19)10-11-15(16)20/h2,13,18H,1,3-11H2. The molecule has 5 heteroatoms. The Morgan fingerprint density at radius 2 is 1.70 bits per heavy atom. The minimum absolute atomic E-state index is 0.0754. The number of carbonyl (C=O) groups excluding carboxylic acids is 3. The van der Waals surface area contributed by atoms with Crippen LogP contribution in [0, 0.1) is 0 Å². The molecule has 1 aliphatic rings. The van der Waals surface area contributed by atoms with Crippen LogP contribution in [0.5, 0.6) is 0 Å². The highest BCUT2D eigenvalue weighted by molar-refractivity contribution is 6.02. The van der Waals surface area contributed by atoms with Crippen LogP contribution in [-0.2, 0) is 14.4 Å². The Balaban J connectivity index is 2.06. The molecule has 0 radical (unpaired) electrons. The van der Waals surface area contributed by atoms with Gasteiger partial charge in [0, 0.05) is 19.3 Å². The van der Waals surface area contributed by atoms with Gasteiger partial charge in [-0.3, -0.25) is 19.3 Å². The lowest BCUT2D eigenvalue weighted by Gasteiger charge is -2.20. The van der Waals surface area contributed by atoms with Crippen LogP contribution >= 0.6 is 0 Å². The van der Waals surface area contributed by atoms with E-state index >= 15 is 0 Å². The summed E-state index contributed by atoms with van der Waals surface area (Å²) in [6.45, 7) is 3.42. The molecule has 0 saturated carbocycles. The summed E-state index contributed by atoms with van der Waals surface area (Å²) in [5.41, 5.74) is 0. The lowest BCUT2D eigenvalue weighted by Crippen LogP contribution is -2.39. The third kappa shape index (κ3) is 5.25. The molecular formula is C15H23NO4. The molecule has 0 aromatic rings. The monoisotopic (exact) mass is 281 g/mol. The van der Waals surface area contributed by atoms with Crippen molar-refractivity contribution in [2.75, 3.05) is 0 Å². The maximum absolute atomic E-state index is 11.4. The highest BCUT2D eigenvalue weighted by Crippen LogP contribution is 2.18. The molecule has 0 aromatic heterocycles. The fourth-order valence-corrected chi connectivity index (χ4v) is 2.31. The van der Waals surface area contributed by atoms with Crippen molar-refractivity contribution < 1.29 is 19.5 Å². The summed E-state index contributed by atoms with van der Waals surface area (Å²) in [4.78, 5) is 34.8. The Morgan fingerprint density at radius 3 is 2.30 bits per heavy atom. The third-order valence-electron chi connectivity index (χ3n) is 3.50. The Bertz CT molecular complexity index is 362. The molecule has 1 unspecified atom stereocenters. The van der Waals surface area contributed by atoms with Crippen molar-refractivity contribution in [3.05, 3.63) is 12.7 Å². The molecule has 20 heavy (non-hydrogen) atoms. The molecule has 0 aromatic carbocycles. The molecule has 0 spiro atoms. The van der Waals surface area contributed by atoms with Crippen LogP contribution < -0.4 is 0 Å². The van der Waals surface area contributed by atoms with E-state index in [2.05, 4.69) is 6.58 Å². The van der Waals surface area contributed by atoms with E-state index in [1.807, 2.05) is 0 Å². The Labute approximate surface area is 119 Å². The Morgan fingerprint density at radius 1 is 1.15 bits per heavy atom. The van der Waals surface area contributed by atoms with Crippen molar-refractivity contribution in [1.82, 2.24) is 4.90 Å². The predicted molar refractivity (Wildman–Crippen MR) is 74.6 cm³/mol. The number of ketones is 1. The number of allylic oxidation sites excluding steroid dienone is 1. The zero-order valence-corrected chi connectivity index (χ0v) is 11.8. The summed E-state index contributed by atoms with van der Waals surface area (Å²) in [6, 6.07) is 0. The second-order valence-electron chi connectivity index (χ2n) is 5.11. The van der Waals surface area contributed by atoms with E-state index in [0.29, 0.717) is 12.8 Å². The van der Waals surface area contributed by atoms with Crippen molar-refractivity contribution in [3.8, 4) is 0 Å². The number of rotatable bonds is 10. The molecule has 1 aliphatic heterocycles. The topological polar surface area (TPSA) is 74.7 Å². The highest BCUT2D eigenvalue weighted by Gasteiger charge is 2.33. The zero-order chi connectivity index (χ0) is 15.0. The largest absolute Gasteiger partial charge is 0.373 e. The summed E-state index contributed by atoms with van der Waals surface area (Å²) in [5.74, 6) is -0.470. The lowest BCUT2D eigenvalue weighted by molar-refractivity contribution is -0.149. The molecule has 5 nitrogen and oxygen atoms in total. The molecule has 1 fully saturated rings. The van der Waals surface area contributed by atoms with Crippen LogP contribution in [-0.4, -0.2) is 33.8 Å². The average molecular weight is 281 g/mol.